The molecular weight excluding hydrogens is 122 g/mol. The van der Waals surface area contributed by atoms with Gasteiger partial charge >= 0.3 is 0 Å². The molecule has 4 heteroatoms. The first kappa shape index (κ1) is 7.59. The van der Waals surface area contributed by atoms with E-state index < -0.39 is 0 Å². The van der Waals surface area contributed by atoms with Crippen molar-refractivity contribution in [3.05, 3.63) is 12.7 Å². The second-order valence-electron chi connectivity index (χ2n) is 1.13. The van der Waals surface area contributed by atoms with E-state index >= 15 is 0 Å². The van der Waals surface area contributed by atoms with Crippen LogP contribution >= 0.6 is 0 Å². The Hall–Kier alpha value is -1.41. The average Bonchev–Trinajstić information content (AvgIpc) is 1.89. The lowest BCUT2D eigenvalue weighted by molar-refractivity contribution is -0.118. The Morgan fingerprint density at radius 1 is 1.89 bits per heavy atom. The molecule has 0 rings (SSSR count). The summed E-state index contributed by atoms with van der Waals surface area (Å²) >= 11 is 0. The third-order valence-electron chi connectivity index (χ3n) is 0.536. The fraction of sp³-hybridized carbons (Fsp3) is 0.200. The molecule has 4 nitrogen and oxygen atoms in total. The van der Waals surface area contributed by atoms with Gasteiger partial charge in [0, 0.05) is 5.16 Å². The highest BCUT2D eigenvalue weighted by atomic mass is 16.6. The summed E-state index contributed by atoms with van der Waals surface area (Å²) < 4.78 is 0. The smallest absolute Gasteiger partial charge is 0.276 e. The Morgan fingerprint density at radius 2 is 2.56 bits per heavy atom. The first-order valence-electron chi connectivity index (χ1n) is 2.15. The molecule has 0 aliphatic rings. The summed E-state index contributed by atoms with van der Waals surface area (Å²) in [6, 6.07) is 0. The van der Waals surface area contributed by atoms with Gasteiger partial charge in [-0.1, -0.05) is 6.58 Å². The molecule has 0 aromatic carbocycles. The first-order chi connectivity index (χ1) is 4.31. The molecule has 0 aromatic heterocycles. The fourth-order valence-electron chi connectivity index (χ4n) is 0.181. The summed E-state index contributed by atoms with van der Waals surface area (Å²) in [4.78, 5) is 23.7. The van der Waals surface area contributed by atoms with Gasteiger partial charge in [0.15, 0.2) is 12.4 Å². The zero-order chi connectivity index (χ0) is 7.11. The maximum Gasteiger partial charge on any atom is 0.276 e. The molecule has 0 amide bonds. The number of rotatable bonds is 4. The van der Waals surface area contributed by atoms with E-state index in [4.69, 9.17) is 0 Å². The van der Waals surface area contributed by atoms with Gasteiger partial charge in [0.2, 0.25) is 0 Å². The minimum Gasteiger partial charge on any atom is -0.378 e. The molecule has 0 fully saturated rings. The summed E-state index contributed by atoms with van der Waals surface area (Å²) in [6.07, 6.45) is 2.20. The number of isocyanates is 1. The van der Waals surface area contributed by atoms with Crippen molar-refractivity contribution in [3.63, 3.8) is 0 Å². The number of nitrogens with zero attached hydrogens (tertiary/aromatic N) is 1. The van der Waals surface area contributed by atoms with E-state index in [9.17, 15) is 9.59 Å². The number of carbonyl (C=O) groups excluding carboxylic acids is 2. The number of hydrogen-bond donors (Lipinski definition) is 0. The van der Waals surface area contributed by atoms with Crippen LogP contribution in [0.4, 0.5) is 0 Å². The number of ketones is 1. The molecule has 0 aromatic rings. The van der Waals surface area contributed by atoms with Gasteiger partial charge in [-0.3, -0.25) is 4.79 Å². The van der Waals surface area contributed by atoms with Gasteiger partial charge in [-0.15, -0.1) is 0 Å². The molecule has 0 atom stereocenters. The lowest BCUT2D eigenvalue weighted by Gasteiger charge is -1.87. The maximum atomic E-state index is 10.3. The Balaban J connectivity index is 3.38. The average molecular weight is 127 g/mol. The van der Waals surface area contributed by atoms with Crippen LogP contribution in [0.1, 0.15) is 0 Å². The van der Waals surface area contributed by atoms with Crippen LogP contribution < -0.4 is 0 Å². The maximum absolute atomic E-state index is 10.3. The standard InChI is InChI=1S/C5H5NO3/c1-2-5(8)3-9-6-4-7/h2H,1,3H2. The largest absolute Gasteiger partial charge is 0.378 e. The Morgan fingerprint density at radius 3 is 3.00 bits per heavy atom. The molecule has 0 aliphatic carbocycles. The fourth-order valence-corrected chi connectivity index (χ4v) is 0.181. The minimum absolute atomic E-state index is 0.251. The second-order valence-corrected chi connectivity index (χ2v) is 1.13. The van der Waals surface area contributed by atoms with Gasteiger partial charge < -0.3 is 4.84 Å². The van der Waals surface area contributed by atoms with Gasteiger partial charge in [0.25, 0.3) is 6.08 Å². The lowest BCUT2D eigenvalue weighted by atomic mass is 10.4. The third-order valence-corrected chi connectivity index (χ3v) is 0.536. The molecule has 0 radical (unpaired) electrons. The van der Waals surface area contributed by atoms with Crippen LogP contribution in [0.5, 0.6) is 0 Å². The van der Waals surface area contributed by atoms with Crippen molar-refractivity contribution < 1.29 is 14.4 Å². The van der Waals surface area contributed by atoms with E-state index in [1.807, 2.05) is 0 Å². The summed E-state index contributed by atoms with van der Waals surface area (Å²) in [5, 5.41) is 2.69. The predicted octanol–water partition coefficient (Wildman–Crippen LogP) is 0.00890. The van der Waals surface area contributed by atoms with Crippen LogP contribution in [0.2, 0.25) is 0 Å². The molecule has 0 spiro atoms. The summed E-state index contributed by atoms with van der Waals surface area (Å²) in [7, 11) is 0. The molecule has 9 heavy (non-hydrogen) atoms. The van der Waals surface area contributed by atoms with Crippen LogP contribution in [0, 0.1) is 0 Å². The molecule has 0 saturated carbocycles. The van der Waals surface area contributed by atoms with Crippen molar-refractivity contribution >= 4 is 11.9 Å². The lowest BCUT2D eigenvalue weighted by Crippen LogP contribution is -2.00. The van der Waals surface area contributed by atoms with Gasteiger partial charge in [0.1, 0.15) is 0 Å². The van der Waals surface area contributed by atoms with E-state index in [2.05, 4.69) is 16.6 Å². The van der Waals surface area contributed by atoms with Crippen molar-refractivity contribution in [1.29, 1.82) is 0 Å². The van der Waals surface area contributed by atoms with Crippen LogP contribution in [-0.4, -0.2) is 18.5 Å². The van der Waals surface area contributed by atoms with Crippen molar-refractivity contribution in [3.8, 4) is 0 Å². The molecule has 0 aliphatic heterocycles. The quantitative estimate of drug-likeness (QED) is 0.231. The summed E-state index contributed by atoms with van der Waals surface area (Å²) in [5.74, 6) is -0.325. The van der Waals surface area contributed by atoms with Crippen LogP contribution in [0.15, 0.2) is 17.8 Å². The van der Waals surface area contributed by atoms with Crippen LogP contribution in [0.3, 0.4) is 0 Å². The van der Waals surface area contributed by atoms with Gasteiger partial charge in [-0.2, -0.15) is 0 Å². The second kappa shape index (κ2) is 4.74. The highest BCUT2D eigenvalue weighted by Gasteiger charge is 1.91. The number of carbonyl (C=O) groups is 1. The summed E-state index contributed by atoms with van der Waals surface area (Å²) in [6.45, 7) is 2.92. The van der Waals surface area contributed by atoms with Gasteiger partial charge in [0.05, 0.1) is 0 Å². The highest BCUT2D eigenvalue weighted by molar-refractivity contribution is 5.90. The Kier molecular flexibility index (Phi) is 4.00. The molecule has 0 saturated heterocycles. The molecule has 0 unspecified atom stereocenters. The van der Waals surface area contributed by atoms with Gasteiger partial charge in [-0.25, -0.2) is 4.79 Å². The Labute approximate surface area is 51.8 Å². The monoisotopic (exact) mass is 127 g/mol. The van der Waals surface area contributed by atoms with Crippen LogP contribution in [-0.2, 0) is 14.4 Å². The van der Waals surface area contributed by atoms with E-state index in [1.165, 1.54) is 0 Å². The van der Waals surface area contributed by atoms with Crippen molar-refractivity contribution in [2.24, 2.45) is 5.16 Å². The first-order valence-corrected chi connectivity index (χ1v) is 2.15. The Bertz CT molecular complexity index is 158. The molecule has 0 N–H and O–H groups in total. The van der Waals surface area contributed by atoms with E-state index in [1.54, 1.807) is 0 Å². The SMILES string of the molecule is C=CC(=O)CON=C=O. The minimum atomic E-state index is -0.325. The zero-order valence-electron chi connectivity index (χ0n) is 4.66. The molecule has 48 valence electrons. The highest BCUT2D eigenvalue weighted by Crippen LogP contribution is 1.76. The van der Waals surface area contributed by atoms with E-state index in [0.29, 0.717) is 0 Å². The van der Waals surface area contributed by atoms with Crippen molar-refractivity contribution in [2.45, 2.75) is 0 Å². The zero-order valence-corrected chi connectivity index (χ0v) is 4.66. The molecule has 0 heterocycles. The van der Waals surface area contributed by atoms with Crippen LogP contribution in [0.25, 0.3) is 0 Å². The molecule has 0 bridgehead atoms. The number of hydrogen-bond acceptors (Lipinski definition) is 4. The van der Waals surface area contributed by atoms with Crippen molar-refractivity contribution in [1.82, 2.24) is 0 Å². The van der Waals surface area contributed by atoms with Crippen molar-refractivity contribution in [2.75, 3.05) is 6.61 Å². The van der Waals surface area contributed by atoms with E-state index in [0.717, 1.165) is 12.2 Å². The summed E-state index contributed by atoms with van der Waals surface area (Å²) in [5.41, 5.74) is 0. The van der Waals surface area contributed by atoms with E-state index in [-0.39, 0.29) is 12.4 Å². The molecular formula is C5H5NO3. The van der Waals surface area contributed by atoms with Gasteiger partial charge in [-0.05, 0) is 6.08 Å². The normalized spacial score (nSPS) is 7.11. The topological polar surface area (TPSA) is 55.7 Å². The third kappa shape index (κ3) is 4.44. The predicted molar refractivity (Wildman–Crippen MR) is 29.3 cm³/mol.